The predicted octanol–water partition coefficient (Wildman–Crippen LogP) is 1.69. The van der Waals surface area contributed by atoms with Gasteiger partial charge in [-0.2, -0.15) is 0 Å². The van der Waals surface area contributed by atoms with Crippen molar-refractivity contribution in [2.24, 2.45) is 0 Å². The molecule has 5 heteroatoms. The molecule has 0 unspecified atom stereocenters. The molecule has 1 saturated heterocycles. The second-order valence-electron chi connectivity index (χ2n) is 5.37. The summed E-state index contributed by atoms with van der Waals surface area (Å²) in [5.41, 5.74) is 0. The maximum absolute atomic E-state index is 11.9. The topological polar surface area (TPSA) is 66.8 Å². The molecule has 0 aromatic rings. The molecular formula is C16H27NO4. The first-order chi connectivity index (χ1) is 10.2. The number of ketones is 1. The summed E-state index contributed by atoms with van der Waals surface area (Å²) in [7, 11) is 1.40. The summed E-state index contributed by atoms with van der Waals surface area (Å²) in [4.78, 5) is 25.0. The Kier molecular flexibility index (Phi) is 8.94. The number of hydrogen-bond acceptors (Lipinski definition) is 5. The Morgan fingerprint density at radius 2 is 2.19 bits per heavy atom. The lowest BCUT2D eigenvalue weighted by atomic mass is 10.1. The van der Waals surface area contributed by atoms with Crippen LogP contribution in [0.2, 0.25) is 0 Å². The van der Waals surface area contributed by atoms with Crippen LogP contribution in [0.3, 0.4) is 0 Å². The summed E-state index contributed by atoms with van der Waals surface area (Å²) >= 11 is 0. The van der Waals surface area contributed by atoms with Crippen LogP contribution in [0.25, 0.3) is 0 Å². The Hall–Kier alpha value is -1.20. The highest BCUT2D eigenvalue weighted by Gasteiger charge is 2.30. The van der Waals surface area contributed by atoms with Gasteiger partial charge < -0.3 is 9.84 Å². The van der Waals surface area contributed by atoms with Crippen molar-refractivity contribution in [3.8, 4) is 0 Å². The number of unbranched alkanes of at least 4 members (excludes halogenated alkanes) is 2. The molecule has 1 N–H and O–H groups in total. The molecule has 0 spiro atoms. The molecule has 0 radical (unpaired) electrons. The SMILES string of the molecule is COC(=O)CCC/C=C\C[C@H]1C(=O)CCN1CCCCO. The third kappa shape index (κ3) is 6.87. The van der Waals surface area contributed by atoms with Crippen molar-refractivity contribution in [1.82, 2.24) is 4.90 Å². The predicted molar refractivity (Wildman–Crippen MR) is 80.9 cm³/mol. The third-order valence-electron chi connectivity index (χ3n) is 3.82. The standard InChI is InChI=1S/C16H27NO4/c1-21-16(20)9-5-3-2-4-8-14-15(19)10-12-17(14)11-6-7-13-18/h2,4,14,18H,3,5-13H2,1H3/b4-2-/t14-/m0/s1. The quantitative estimate of drug-likeness (QED) is 0.377. The molecule has 0 aromatic carbocycles. The van der Waals surface area contributed by atoms with Crippen molar-refractivity contribution < 1.29 is 19.4 Å². The average molecular weight is 297 g/mol. The number of Topliss-reactive ketones (excluding diaryl/α,β-unsaturated/α-hetero) is 1. The van der Waals surface area contributed by atoms with Gasteiger partial charge in [-0.25, -0.2) is 0 Å². The van der Waals surface area contributed by atoms with E-state index in [-0.39, 0.29) is 18.6 Å². The largest absolute Gasteiger partial charge is 0.469 e. The molecule has 1 heterocycles. The summed E-state index contributed by atoms with van der Waals surface area (Å²) in [6.45, 7) is 1.94. The van der Waals surface area contributed by atoms with Gasteiger partial charge in [-0.05, 0) is 38.6 Å². The Morgan fingerprint density at radius 3 is 2.90 bits per heavy atom. The first-order valence-electron chi connectivity index (χ1n) is 7.78. The van der Waals surface area contributed by atoms with Gasteiger partial charge in [0.05, 0.1) is 13.2 Å². The van der Waals surface area contributed by atoms with Gasteiger partial charge in [0, 0.05) is 26.0 Å². The second kappa shape index (κ2) is 10.5. The van der Waals surface area contributed by atoms with E-state index in [0.717, 1.165) is 45.2 Å². The fourth-order valence-electron chi connectivity index (χ4n) is 2.56. The number of rotatable bonds is 10. The lowest BCUT2D eigenvalue weighted by Crippen LogP contribution is -2.33. The van der Waals surface area contributed by atoms with Gasteiger partial charge in [0.15, 0.2) is 5.78 Å². The van der Waals surface area contributed by atoms with Crippen molar-refractivity contribution in [2.45, 2.75) is 51.0 Å². The molecule has 0 amide bonds. The molecule has 1 rings (SSSR count). The van der Waals surface area contributed by atoms with Crippen molar-refractivity contribution in [2.75, 3.05) is 26.8 Å². The summed E-state index contributed by atoms with van der Waals surface area (Å²) in [6.07, 6.45) is 9.25. The van der Waals surface area contributed by atoms with E-state index in [1.54, 1.807) is 0 Å². The lowest BCUT2D eigenvalue weighted by Gasteiger charge is -2.21. The molecule has 0 saturated carbocycles. The molecule has 0 aliphatic carbocycles. The molecule has 1 aliphatic heterocycles. The highest BCUT2D eigenvalue weighted by Crippen LogP contribution is 2.18. The van der Waals surface area contributed by atoms with Crippen molar-refractivity contribution >= 4 is 11.8 Å². The monoisotopic (exact) mass is 297 g/mol. The van der Waals surface area contributed by atoms with E-state index >= 15 is 0 Å². The summed E-state index contributed by atoms with van der Waals surface area (Å²) in [5.74, 6) is 0.141. The molecule has 21 heavy (non-hydrogen) atoms. The molecule has 1 aliphatic rings. The van der Waals surface area contributed by atoms with Gasteiger partial charge in [-0.3, -0.25) is 14.5 Å². The van der Waals surface area contributed by atoms with Crippen molar-refractivity contribution in [1.29, 1.82) is 0 Å². The van der Waals surface area contributed by atoms with Gasteiger partial charge in [0.25, 0.3) is 0 Å². The Bertz CT molecular complexity index is 354. The zero-order valence-electron chi connectivity index (χ0n) is 12.9. The minimum atomic E-state index is -0.176. The van der Waals surface area contributed by atoms with Crippen molar-refractivity contribution in [3.05, 3.63) is 12.2 Å². The van der Waals surface area contributed by atoms with Crippen LogP contribution >= 0.6 is 0 Å². The number of carbonyl (C=O) groups is 2. The van der Waals surface area contributed by atoms with E-state index in [4.69, 9.17) is 5.11 Å². The number of nitrogens with zero attached hydrogens (tertiary/aromatic N) is 1. The number of ether oxygens (including phenoxy) is 1. The van der Waals surface area contributed by atoms with Crippen molar-refractivity contribution in [3.63, 3.8) is 0 Å². The maximum atomic E-state index is 11.9. The number of hydrogen-bond donors (Lipinski definition) is 1. The van der Waals surface area contributed by atoms with E-state index in [1.165, 1.54) is 7.11 Å². The second-order valence-corrected chi connectivity index (χ2v) is 5.37. The summed E-state index contributed by atoms with van der Waals surface area (Å²) in [5, 5.41) is 8.81. The Balaban J connectivity index is 2.24. The Labute approximate surface area is 127 Å². The van der Waals surface area contributed by atoms with Crippen LogP contribution in [0.1, 0.15) is 44.9 Å². The van der Waals surface area contributed by atoms with Crippen LogP contribution in [0.5, 0.6) is 0 Å². The molecule has 0 bridgehead atoms. The molecule has 1 atom stereocenters. The molecule has 120 valence electrons. The van der Waals surface area contributed by atoms with E-state index in [2.05, 4.69) is 9.64 Å². The smallest absolute Gasteiger partial charge is 0.305 e. The summed E-state index contributed by atoms with van der Waals surface area (Å²) < 4.78 is 4.58. The number of methoxy groups -OCH3 is 1. The van der Waals surface area contributed by atoms with E-state index in [0.29, 0.717) is 18.6 Å². The number of likely N-dealkylation sites (tertiary alicyclic amines) is 1. The number of esters is 1. The normalized spacial score (nSPS) is 19.5. The first kappa shape index (κ1) is 17.9. The fraction of sp³-hybridized carbons (Fsp3) is 0.750. The third-order valence-corrected chi connectivity index (χ3v) is 3.82. The van der Waals surface area contributed by atoms with Gasteiger partial charge in [0.2, 0.25) is 0 Å². The van der Waals surface area contributed by atoms with Crippen LogP contribution in [0.15, 0.2) is 12.2 Å². The average Bonchev–Trinajstić information content (AvgIpc) is 2.83. The van der Waals surface area contributed by atoms with Gasteiger partial charge in [-0.15, -0.1) is 0 Å². The number of aliphatic hydroxyl groups excluding tert-OH is 1. The Morgan fingerprint density at radius 1 is 1.38 bits per heavy atom. The number of allylic oxidation sites excluding steroid dienone is 1. The van der Waals surface area contributed by atoms with Gasteiger partial charge >= 0.3 is 5.97 Å². The van der Waals surface area contributed by atoms with Crippen LogP contribution in [0, 0.1) is 0 Å². The summed E-state index contributed by atoms with van der Waals surface area (Å²) in [6, 6.07) is 0.000509. The highest BCUT2D eigenvalue weighted by atomic mass is 16.5. The van der Waals surface area contributed by atoms with Crippen LogP contribution in [-0.4, -0.2) is 54.6 Å². The van der Waals surface area contributed by atoms with Crippen LogP contribution < -0.4 is 0 Å². The van der Waals surface area contributed by atoms with Gasteiger partial charge in [0.1, 0.15) is 0 Å². The van der Waals surface area contributed by atoms with Crippen LogP contribution in [-0.2, 0) is 14.3 Å². The minimum absolute atomic E-state index is 0.000509. The minimum Gasteiger partial charge on any atom is -0.469 e. The first-order valence-corrected chi connectivity index (χ1v) is 7.78. The highest BCUT2D eigenvalue weighted by molar-refractivity contribution is 5.86. The van der Waals surface area contributed by atoms with E-state index in [1.807, 2.05) is 12.2 Å². The number of aliphatic hydroxyl groups is 1. The zero-order chi connectivity index (χ0) is 15.5. The van der Waals surface area contributed by atoms with Crippen LogP contribution in [0.4, 0.5) is 0 Å². The fourth-order valence-corrected chi connectivity index (χ4v) is 2.56. The zero-order valence-corrected chi connectivity index (χ0v) is 12.9. The molecule has 1 fully saturated rings. The maximum Gasteiger partial charge on any atom is 0.305 e. The molecular weight excluding hydrogens is 270 g/mol. The molecule has 5 nitrogen and oxygen atoms in total. The van der Waals surface area contributed by atoms with Gasteiger partial charge in [-0.1, -0.05) is 12.2 Å². The lowest BCUT2D eigenvalue weighted by molar-refractivity contribution is -0.140. The van der Waals surface area contributed by atoms with E-state index < -0.39 is 0 Å². The molecule has 0 aromatic heterocycles. The van der Waals surface area contributed by atoms with E-state index in [9.17, 15) is 9.59 Å². The number of carbonyl (C=O) groups excluding carboxylic acids is 2.